The highest BCUT2D eigenvalue weighted by molar-refractivity contribution is 7.23. The average Bonchev–Trinajstić information content (AvgIpc) is 3.03. The number of hydrogen-bond donors (Lipinski definition) is 1. The molecule has 0 unspecified atom stereocenters. The second-order valence-corrected chi connectivity index (χ2v) is 6.80. The minimum atomic E-state index is -0.0553. The van der Waals surface area contributed by atoms with Gasteiger partial charge in [-0.25, -0.2) is 4.98 Å². The van der Waals surface area contributed by atoms with Crippen molar-refractivity contribution in [1.29, 1.82) is 0 Å². The minimum absolute atomic E-state index is 0.0553. The van der Waals surface area contributed by atoms with E-state index in [1.54, 1.807) is 11.3 Å². The van der Waals surface area contributed by atoms with E-state index in [1.807, 2.05) is 36.6 Å². The van der Waals surface area contributed by atoms with Crippen LogP contribution in [0.3, 0.4) is 0 Å². The Bertz CT molecular complexity index is 726. The number of thiophene rings is 1. The highest BCUT2D eigenvalue weighted by Crippen LogP contribution is 2.33. The maximum Gasteiger partial charge on any atom is 0.231 e. The molecule has 0 spiro atoms. The summed E-state index contributed by atoms with van der Waals surface area (Å²) in [4.78, 5) is 17.4. The number of carbonyl (C=O) groups is 1. The van der Waals surface area contributed by atoms with Gasteiger partial charge in [0.15, 0.2) is 5.13 Å². The smallest absolute Gasteiger partial charge is 0.231 e. The van der Waals surface area contributed by atoms with Gasteiger partial charge in [0.1, 0.15) is 0 Å². The van der Waals surface area contributed by atoms with Crippen LogP contribution in [-0.4, -0.2) is 10.9 Å². The molecule has 0 saturated carbocycles. The number of carbonyl (C=O) groups excluding carboxylic acids is 1. The second-order valence-electron chi connectivity index (χ2n) is 4.37. The van der Waals surface area contributed by atoms with Gasteiger partial charge in [-0.1, -0.05) is 35.1 Å². The monoisotopic (exact) mass is 322 g/mol. The molecule has 1 N–H and O–H groups in total. The van der Waals surface area contributed by atoms with Crippen LogP contribution >= 0.6 is 34.3 Å². The van der Waals surface area contributed by atoms with Gasteiger partial charge in [-0.2, -0.15) is 0 Å². The van der Waals surface area contributed by atoms with E-state index in [0.717, 1.165) is 20.7 Å². The van der Waals surface area contributed by atoms with Crippen molar-refractivity contribution < 1.29 is 4.79 Å². The van der Waals surface area contributed by atoms with E-state index in [9.17, 15) is 4.79 Å². The van der Waals surface area contributed by atoms with Gasteiger partial charge in [0.2, 0.25) is 5.91 Å². The van der Waals surface area contributed by atoms with E-state index >= 15 is 0 Å². The summed E-state index contributed by atoms with van der Waals surface area (Å²) < 4.78 is 0.915. The molecule has 3 aromatic rings. The molecule has 0 bridgehead atoms. The summed E-state index contributed by atoms with van der Waals surface area (Å²) in [6.45, 7) is 1.98. The first kappa shape index (κ1) is 13.5. The molecule has 0 aliphatic rings. The van der Waals surface area contributed by atoms with E-state index in [2.05, 4.69) is 10.3 Å². The Morgan fingerprint density at radius 2 is 2.25 bits per heavy atom. The van der Waals surface area contributed by atoms with Crippen LogP contribution in [0.2, 0.25) is 5.02 Å². The number of anilines is 1. The summed E-state index contributed by atoms with van der Waals surface area (Å²) in [5.74, 6) is -0.0553. The molecule has 0 radical (unpaired) electrons. The lowest BCUT2D eigenvalue weighted by atomic mass is 10.2. The van der Waals surface area contributed by atoms with Crippen molar-refractivity contribution in [1.82, 2.24) is 4.98 Å². The van der Waals surface area contributed by atoms with Gasteiger partial charge in [0.05, 0.1) is 21.7 Å². The fourth-order valence-corrected chi connectivity index (χ4v) is 3.83. The van der Waals surface area contributed by atoms with Gasteiger partial charge in [-0.15, -0.1) is 11.3 Å². The SMILES string of the molecule is Cc1ccc(Cl)c2sc(NC(=O)Cc3cccs3)nc12. The van der Waals surface area contributed by atoms with Crippen LogP contribution in [0.15, 0.2) is 29.6 Å². The standard InChI is InChI=1S/C14H11ClN2OS2/c1-8-4-5-10(15)13-12(8)17-14(20-13)16-11(18)7-9-3-2-6-19-9/h2-6H,7H2,1H3,(H,16,17,18). The Labute approximate surface area is 129 Å². The molecule has 0 saturated heterocycles. The van der Waals surface area contributed by atoms with Crippen LogP contribution in [-0.2, 0) is 11.2 Å². The van der Waals surface area contributed by atoms with Crippen molar-refractivity contribution >= 4 is 55.5 Å². The molecule has 102 valence electrons. The van der Waals surface area contributed by atoms with Crippen LogP contribution in [0.1, 0.15) is 10.4 Å². The Hall–Kier alpha value is -1.43. The molecule has 0 aliphatic heterocycles. The number of hydrogen-bond acceptors (Lipinski definition) is 4. The lowest BCUT2D eigenvalue weighted by molar-refractivity contribution is -0.115. The maximum absolute atomic E-state index is 12.0. The number of aromatic nitrogens is 1. The van der Waals surface area contributed by atoms with E-state index in [4.69, 9.17) is 11.6 Å². The zero-order valence-electron chi connectivity index (χ0n) is 10.6. The molecule has 20 heavy (non-hydrogen) atoms. The lowest BCUT2D eigenvalue weighted by Crippen LogP contribution is -2.13. The summed E-state index contributed by atoms with van der Waals surface area (Å²) in [7, 11) is 0. The molecule has 3 nitrogen and oxygen atoms in total. The fourth-order valence-electron chi connectivity index (χ4n) is 1.89. The van der Waals surface area contributed by atoms with Gasteiger partial charge < -0.3 is 5.32 Å². The molecule has 2 aromatic heterocycles. The molecule has 0 atom stereocenters. The molecule has 1 amide bonds. The second kappa shape index (κ2) is 5.52. The molecule has 0 aliphatic carbocycles. The predicted molar refractivity (Wildman–Crippen MR) is 86.0 cm³/mol. The number of rotatable bonds is 3. The number of aryl methyl sites for hydroxylation is 1. The summed E-state index contributed by atoms with van der Waals surface area (Å²) in [5, 5.41) is 6.07. The number of halogens is 1. The Morgan fingerprint density at radius 3 is 2.95 bits per heavy atom. The highest BCUT2D eigenvalue weighted by Gasteiger charge is 2.12. The Morgan fingerprint density at radius 1 is 1.40 bits per heavy atom. The third-order valence-electron chi connectivity index (χ3n) is 2.86. The summed E-state index contributed by atoms with van der Waals surface area (Å²) >= 11 is 9.13. The zero-order chi connectivity index (χ0) is 14.1. The van der Waals surface area contributed by atoms with E-state index < -0.39 is 0 Å². The summed E-state index contributed by atoms with van der Waals surface area (Å²) in [6.07, 6.45) is 0.375. The predicted octanol–water partition coefficient (Wildman–Crippen LogP) is 4.50. The third-order valence-corrected chi connectivity index (χ3v) is 5.17. The molecular weight excluding hydrogens is 312 g/mol. The number of fused-ring (bicyclic) bond motifs is 1. The van der Waals surface area contributed by atoms with Crippen LogP contribution in [0.25, 0.3) is 10.2 Å². The molecule has 0 fully saturated rings. The third kappa shape index (κ3) is 2.70. The van der Waals surface area contributed by atoms with Crippen molar-refractivity contribution in [3.05, 3.63) is 45.1 Å². The Kier molecular flexibility index (Phi) is 3.74. The topological polar surface area (TPSA) is 42.0 Å². The number of benzene rings is 1. The maximum atomic E-state index is 12.0. The van der Waals surface area contributed by atoms with Gasteiger partial charge in [-0.3, -0.25) is 4.79 Å². The number of amides is 1. The van der Waals surface area contributed by atoms with Crippen molar-refractivity contribution in [2.45, 2.75) is 13.3 Å². The van der Waals surface area contributed by atoms with Crippen LogP contribution in [0.4, 0.5) is 5.13 Å². The lowest BCUT2D eigenvalue weighted by Gasteiger charge is -1.98. The van der Waals surface area contributed by atoms with Crippen LogP contribution in [0, 0.1) is 6.92 Å². The normalized spacial score (nSPS) is 10.9. The summed E-state index contributed by atoms with van der Waals surface area (Å²) in [6, 6.07) is 7.67. The first-order valence-corrected chi connectivity index (χ1v) is 8.09. The molecule has 2 heterocycles. The van der Waals surface area contributed by atoms with Crippen molar-refractivity contribution in [2.75, 3.05) is 5.32 Å². The molecule has 3 rings (SSSR count). The molecular formula is C14H11ClN2OS2. The van der Waals surface area contributed by atoms with Crippen LogP contribution in [0.5, 0.6) is 0 Å². The fraction of sp³-hybridized carbons (Fsp3) is 0.143. The number of nitrogens with zero attached hydrogens (tertiary/aromatic N) is 1. The average molecular weight is 323 g/mol. The first-order chi connectivity index (χ1) is 9.63. The van der Waals surface area contributed by atoms with E-state index in [-0.39, 0.29) is 5.91 Å². The van der Waals surface area contributed by atoms with E-state index in [1.165, 1.54) is 11.3 Å². The highest BCUT2D eigenvalue weighted by atomic mass is 35.5. The van der Waals surface area contributed by atoms with Crippen molar-refractivity contribution in [2.24, 2.45) is 0 Å². The number of nitrogens with one attached hydrogen (secondary N) is 1. The zero-order valence-corrected chi connectivity index (χ0v) is 13.0. The van der Waals surface area contributed by atoms with Gasteiger partial charge in [0, 0.05) is 4.88 Å². The van der Waals surface area contributed by atoms with Crippen molar-refractivity contribution in [3.63, 3.8) is 0 Å². The molecule has 1 aromatic carbocycles. The van der Waals surface area contributed by atoms with Crippen LogP contribution < -0.4 is 5.32 Å². The Balaban J connectivity index is 1.82. The first-order valence-electron chi connectivity index (χ1n) is 6.01. The van der Waals surface area contributed by atoms with Gasteiger partial charge in [-0.05, 0) is 30.0 Å². The van der Waals surface area contributed by atoms with Gasteiger partial charge >= 0.3 is 0 Å². The minimum Gasteiger partial charge on any atom is -0.302 e. The molecule has 6 heteroatoms. The number of thiazole rings is 1. The van der Waals surface area contributed by atoms with E-state index in [0.29, 0.717) is 16.6 Å². The summed E-state index contributed by atoms with van der Waals surface area (Å²) in [5.41, 5.74) is 1.91. The quantitative estimate of drug-likeness (QED) is 0.771. The largest absolute Gasteiger partial charge is 0.302 e. The van der Waals surface area contributed by atoms with Crippen molar-refractivity contribution in [3.8, 4) is 0 Å². The van der Waals surface area contributed by atoms with Gasteiger partial charge in [0.25, 0.3) is 0 Å².